The molecule has 2 rings (SSSR count). The Hall–Kier alpha value is -2.34. The molecular formula is C14H17N3O3. The molecule has 0 bridgehead atoms. The smallest absolute Gasteiger partial charge is 0.292 e. The lowest BCUT2D eigenvalue weighted by atomic mass is 10.1. The standard InChI is InChI=1S/C14H17N3O3/c1-10-11(6-7-20-10)8-16(2)9-12-4-3-5-13(14(12)15)17(18)19/h3-7H,8-9,15H2,1-2H3. The van der Waals surface area contributed by atoms with Gasteiger partial charge in [0.2, 0.25) is 0 Å². The number of aryl methyl sites for hydroxylation is 1. The number of anilines is 1. The summed E-state index contributed by atoms with van der Waals surface area (Å²) in [6.45, 7) is 3.15. The van der Waals surface area contributed by atoms with Gasteiger partial charge in [-0.1, -0.05) is 12.1 Å². The zero-order valence-corrected chi connectivity index (χ0v) is 11.5. The molecule has 0 fully saturated rings. The highest BCUT2D eigenvalue weighted by molar-refractivity contribution is 5.62. The summed E-state index contributed by atoms with van der Waals surface area (Å²) in [6, 6.07) is 6.80. The first-order chi connectivity index (χ1) is 9.49. The predicted molar refractivity (Wildman–Crippen MR) is 76.1 cm³/mol. The molecule has 1 aromatic carbocycles. The molecular weight excluding hydrogens is 258 g/mol. The summed E-state index contributed by atoms with van der Waals surface area (Å²) in [5.41, 5.74) is 7.88. The highest BCUT2D eigenvalue weighted by Crippen LogP contribution is 2.26. The van der Waals surface area contributed by atoms with Crippen LogP contribution >= 0.6 is 0 Å². The van der Waals surface area contributed by atoms with Crippen molar-refractivity contribution in [3.8, 4) is 0 Å². The predicted octanol–water partition coefficient (Wildman–Crippen LogP) is 2.71. The van der Waals surface area contributed by atoms with Crippen LogP contribution in [0.2, 0.25) is 0 Å². The van der Waals surface area contributed by atoms with Crippen molar-refractivity contribution in [3.63, 3.8) is 0 Å². The van der Waals surface area contributed by atoms with Crippen LogP contribution in [0.4, 0.5) is 11.4 Å². The third kappa shape index (κ3) is 2.97. The molecule has 0 spiro atoms. The molecule has 20 heavy (non-hydrogen) atoms. The normalized spacial score (nSPS) is 10.9. The number of nitro benzene ring substituents is 1. The topological polar surface area (TPSA) is 85.5 Å². The molecule has 6 nitrogen and oxygen atoms in total. The molecule has 6 heteroatoms. The van der Waals surface area contributed by atoms with E-state index in [9.17, 15) is 10.1 Å². The van der Waals surface area contributed by atoms with Crippen LogP contribution < -0.4 is 5.73 Å². The van der Waals surface area contributed by atoms with Crippen molar-refractivity contribution in [2.75, 3.05) is 12.8 Å². The number of nitrogens with two attached hydrogens (primary N) is 1. The van der Waals surface area contributed by atoms with Gasteiger partial charge < -0.3 is 10.2 Å². The van der Waals surface area contributed by atoms with Crippen LogP contribution in [0, 0.1) is 17.0 Å². The van der Waals surface area contributed by atoms with E-state index in [2.05, 4.69) is 0 Å². The first-order valence-corrected chi connectivity index (χ1v) is 6.22. The Kier molecular flexibility index (Phi) is 4.05. The average Bonchev–Trinajstić information content (AvgIpc) is 2.77. The number of rotatable bonds is 5. The highest BCUT2D eigenvalue weighted by atomic mass is 16.6. The van der Waals surface area contributed by atoms with Crippen molar-refractivity contribution in [3.05, 3.63) is 57.5 Å². The lowest BCUT2D eigenvalue weighted by molar-refractivity contribution is -0.384. The lowest BCUT2D eigenvalue weighted by Gasteiger charge is -2.17. The molecule has 1 aromatic heterocycles. The summed E-state index contributed by atoms with van der Waals surface area (Å²) < 4.78 is 5.25. The summed E-state index contributed by atoms with van der Waals surface area (Å²) in [5, 5.41) is 10.9. The van der Waals surface area contributed by atoms with Gasteiger partial charge in [-0.25, -0.2) is 0 Å². The van der Waals surface area contributed by atoms with E-state index in [1.54, 1.807) is 18.4 Å². The summed E-state index contributed by atoms with van der Waals surface area (Å²) >= 11 is 0. The van der Waals surface area contributed by atoms with Crippen LogP contribution in [0.25, 0.3) is 0 Å². The molecule has 0 aliphatic carbocycles. The zero-order chi connectivity index (χ0) is 14.7. The van der Waals surface area contributed by atoms with Gasteiger partial charge in [-0.05, 0) is 25.6 Å². The van der Waals surface area contributed by atoms with E-state index in [0.29, 0.717) is 13.1 Å². The van der Waals surface area contributed by atoms with E-state index in [0.717, 1.165) is 16.9 Å². The average molecular weight is 275 g/mol. The van der Waals surface area contributed by atoms with E-state index in [1.165, 1.54) is 6.07 Å². The van der Waals surface area contributed by atoms with E-state index in [1.807, 2.05) is 24.9 Å². The number of benzene rings is 1. The van der Waals surface area contributed by atoms with Gasteiger partial charge in [0.25, 0.3) is 5.69 Å². The molecule has 106 valence electrons. The molecule has 0 radical (unpaired) electrons. The number of para-hydroxylation sites is 1. The van der Waals surface area contributed by atoms with Crippen molar-refractivity contribution in [1.29, 1.82) is 0 Å². The fourth-order valence-corrected chi connectivity index (χ4v) is 2.11. The Morgan fingerprint density at radius 2 is 2.00 bits per heavy atom. The molecule has 0 aliphatic rings. The van der Waals surface area contributed by atoms with Crippen LogP contribution in [0.1, 0.15) is 16.9 Å². The van der Waals surface area contributed by atoms with E-state index in [-0.39, 0.29) is 11.4 Å². The van der Waals surface area contributed by atoms with Gasteiger partial charge in [0.15, 0.2) is 0 Å². The Morgan fingerprint density at radius 3 is 2.60 bits per heavy atom. The summed E-state index contributed by atoms with van der Waals surface area (Å²) in [4.78, 5) is 12.4. The number of nitrogen functional groups attached to an aromatic ring is 1. The van der Waals surface area contributed by atoms with Crippen LogP contribution in [-0.2, 0) is 13.1 Å². The molecule has 0 atom stereocenters. The molecule has 2 aromatic rings. The summed E-state index contributed by atoms with van der Waals surface area (Å²) in [5.74, 6) is 0.879. The Balaban J connectivity index is 2.12. The maximum absolute atomic E-state index is 10.9. The summed E-state index contributed by atoms with van der Waals surface area (Å²) in [6.07, 6.45) is 1.65. The molecule has 2 N–H and O–H groups in total. The van der Waals surface area contributed by atoms with Gasteiger partial charge in [0, 0.05) is 24.7 Å². The monoisotopic (exact) mass is 275 g/mol. The number of hydrogen-bond acceptors (Lipinski definition) is 5. The third-order valence-electron chi connectivity index (χ3n) is 3.22. The van der Waals surface area contributed by atoms with Crippen LogP contribution in [0.5, 0.6) is 0 Å². The van der Waals surface area contributed by atoms with Gasteiger partial charge >= 0.3 is 0 Å². The second-order valence-electron chi connectivity index (χ2n) is 4.78. The van der Waals surface area contributed by atoms with Crippen molar-refractivity contribution in [1.82, 2.24) is 4.90 Å². The first kappa shape index (κ1) is 14.1. The van der Waals surface area contributed by atoms with Gasteiger partial charge in [-0.3, -0.25) is 15.0 Å². The number of nitrogens with zero attached hydrogens (tertiary/aromatic N) is 2. The number of hydrogen-bond donors (Lipinski definition) is 1. The number of furan rings is 1. The fraction of sp³-hybridized carbons (Fsp3) is 0.286. The van der Waals surface area contributed by atoms with Crippen molar-refractivity contribution in [2.45, 2.75) is 20.0 Å². The van der Waals surface area contributed by atoms with Gasteiger partial charge in [-0.2, -0.15) is 0 Å². The van der Waals surface area contributed by atoms with Crippen molar-refractivity contribution in [2.24, 2.45) is 0 Å². The second-order valence-corrected chi connectivity index (χ2v) is 4.78. The molecule has 0 saturated carbocycles. The first-order valence-electron chi connectivity index (χ1n) is 6.22. The van der Waals surface area contributed by atoms with Crippen LogP contribution in [0.15, 0.2) is 34.9 Å². The van der Waals surface area contributed by atoms with Crippen LogP contribution in [0.3, 0.4) is 0 Å². The zero-order valence-electron chi connectivity index (χ0n) is 11.5. The molecule has 0 aliphatic heterocycles. The van der Waals surface area contributed by atoms with Crippen molar-refractivity contribution >= 4 is 11.4 Å². The third-order valence-corrected chi connectivity index (χ3v) is 3.22. The SMILES string of the molecule is Cc1occc1CN(C)Cc1cccc([N+](=O)[O-])c1N. The summed E-state index contributed by atoms with van der Waals surface area (Å²) in [7, 11) is 1.94. The lowest BCUT2D eigenvalue weighted by Crippen LogP contribution is -2.18. The Bertz CT molecular complexity index is 622. The quantitative estimate of drug-likeness (QED) is 0.515. The van der Waals surface area contributed by atoms with Crippen LogP contribution in [-0.4, -0.2) is 16.9 Å². The number of nitro groups is 1. The van der Waals surface area contributed by atoms with Gasteiger partial charge in [0.05, 0.1) is 11.2 Å². The fourth-order valence-electron chi connectivity index (χ4n) is 2.11. The minimum atomic E-state index is -0.459. The van der Waals surface area contributed by atoms with E-state index in [4.69, 9.17) is 10.2 Å². The van der Waals surface area contributed by atoms with Crippen molar-refractivity contribution < 1.29 is 9.34 Å². The largest absolute Gasteiger partial charge is 0.469 e. The van der Waals surface area contributed by atoms with E-state index >= 15 is 0 Å². The molecule has 0 saturated heterocycles. The second kappa shape index (κ2) is 5.75. The maximum Gasteiger partial charge on any atom is 0.292 e. The highest BCUT2D eigenvalue weighted by Gasteiger charge is 2.15. The molecule has 0 amide bonds. The van der Waals surface area contributed by atoms with Gasteiger partial charge in [-0.15, -0.1) is 0 Å². The molecule has 0 unspecified atom stereocenters. The van der Waals surface area contributed by atoms with Gasteiger partial charge in [0.1, 0.15) is 11.4 Å². The van der Waals surface area contributed by atoms with E-state index < -0.39 is 4.92 Å². The minimum Gasteiger partial charge on any atom is -0.469 e. The Labute approximate surface area is 116 Å². The minimum absolute atomic E-state index is 0.0459. The molecule has 1 heterocycles. The Morgan fingerprint density at radius 1 is 1.30 bits per heavy atom. The maximum atomic E-state index is 10.9.